The largest absolute Gasteiger partial charge is 0.480 e. The first-order valence-electron chi connectivity index (χ1n) is 11.1. The number of hydrogen-bond acceptors (Lipinski definition) is 4. The van der Waals surface area contributed by atoms with Gasteiger partial charge in [-0.1, -0.05) is 75.2 Å². The van der Waals surface area contributed by atoms with Gasteiger partial charge in [0, 0.05) is 5.92 Å². The monoisotopic (exact) mass is 438 g/mol. The third kappa shape index (κ3) is 5.28. The lowest BCUT2D eigenvalue weighted by atomic mass is 9.98. The third-order valence-corrected chi connectivity index (χ3v) is 5.72. The third-order valence-electron chi connectivity index (χ3n) is 5.72. The molecular formula is C25H30N2O5. The highest BCUT2D eigenvalue weighted by atomic mass is 16.5. The molecular weight excluding hydrogens is 408 g/mol. The number of carbonyl (C=O) groups is 3. The SMILES string of the molecule is CCC[C@H](NC(=O)[C@@H](CCC)NC(=O)OCC1c2ccccc2-c2ccccc21)C(=O)O. The Hall–Kier alpha value is -3.35. The molecule has 3 rings (SSSR count). The van der Waals surface area contributed by atoms with Crippen LogP contribution in [0.1, 0.15) is 56.6 Å². The van der Waals surface area contributed by atoms with Crippen LogP contribution in [0.2, 0.25) is 0 Å². The number of fused-ring (bicyclic) bond motifs is 3. The van der Waals surface area contributed by atoms with Crippen LogP contribution in [-0.4, -0.2) is 41.8 Å². The minimum Gasteiger partial charge on any atom is -0.480 e. The number of benzene rings is 2. The molecule has 7 heteroatoms. The molecule has 0 unspecified atom stereocenters. The molecule has 0 saturated carbocycles. The van der Waals surface area contributed by atoms with Crippen LogP contribution in [0.25, 0.3) is 11.1 Å². The van der Waals surface area contributed by atoms with Crippen molar-refractivity contribution in [1.82, 2.24) is 10.6 Å². The minimum absolute atomic E-state index is 0.0763. The number of carbonyl (C=O) groups excluding carboxylic acids is 2. The zero-order valence-electron chi connectivity index (χ0n) is 18.5. The summed E-state index contributed by atoms with van der Waals surface area (Å²) in [5.74, 6) is -1.68. The molecule has 170 valence electrons. The van der Waals surface area contributed by atoms with Gasteiger partial charge in [0.2, 0.25) is 5.91 Å². The van der Waals surface area contributed by atoms with Crippen LogP contribution >= 0.6 is 0 Å². The van der Waals surface area contributed by atoms with Gasteiger partial charge in [0.05, 0.1) is 0 Å². The highest BCUT2D eigenvalue weighted by Gasteiger charge is 2.30. The van der Waals surface area contributed by atoms with E-state index in [2.05, 4.69) is 22.8 Å². The quantitative estimate of drug-likeness (QED) is 0.519. The van der Waals surface area contributed by atoms with E-state index >= 15 is 0 Å². The standard InChI is InChI=1S/C25H30N2O5/c1-3-9-21(23(28)26-22(10-4-2)24(29)30)27-25(31)32-15-20-18-13-7-5-11-16(18)17-12-6-8-14-19(17)20/h5-8,11-14,20-22H,3-4,9-10,15H2,1-2H3,(H,26,28)(H,27,31)(H,29,30)/t21-,22+/m1/s1. The van der Waals surface area contributed by atoms with Gasteiger partial charge in [-0.3, -0.25) is 4.79 Å². The lowest BCUT2D eigenvalue weighted by Crippen LogP contribution is -2.51. The van der Waals surface area contributed by atoms with E-state index < -0.39 is 30.1 Å². The second-order valence-corrected chi connectivity index (χ2v) is 8.00. The van der Waals surface area contributed by atoms with Crippen molar-refractivity contribution < 1.29 is 24.2 Å². The first-order valence-corrected chi connectivity index (χ1v) is 11.1. The Kier molecular flexibility index (Phi) is 7.87. The normalized spacial score (nSPS) is 14.1. The van der Waals surface area contributed by atoms with Crippen LogP contribution < -0.4 is 10.6 Å². The summed E-state index contributed by atoms with van der Waals surface area (Å²) in [6.45, 7) is 3.88. The molecule has 2 aromatic carbocycles. The van der Waals surface area contributed by atoms with Crippen molar-refractivity contribution in [2.45, 2.75) is 57.5 Å². The average Bonchev–Trinajstić information content (AvgIpc) is 3.10. The summed E-state index contributed by atoms with van der Waals surface area (Å²) in [5.41, 5.74) is 4.48. The van der Waals surface area contributed by atoms with Gasteiger partial charge in [0.1, 0.15) is 18.7 Å². The number of amides is 2. The van der Waals surface area contributed by atoms with E-state index in [-0.39, 0.29) is 12.5 Å². The number of carboxylic acids is 1. The molecule has 1 aliphatic rings. The highest BCUT2D eigenvalue weighted by molar-refractivity contribution is 5.89. The van der Waals surface area contributed by atoms with Gasteiger partial charge in [-0.15, -0.1) is 0 Å². The van der Waals surface area contributed by atoms with Gasteiger partial charge >= 0.3 is 12.1 Å². The van der Waals surface area contributed by atoms with Crippen molar-refractivity contribution in [2.75, 3.05) is 6.61 Å². The summed E-state index contributed by atoms with van der Waals surface area (Å²) in [7, 11) is 0. The number of hydrogen-bond donors (Lipinski definition) is 3. The highest BCUT2D eigenvalue weighted by Crippen LogP contribution is 2.44. The maximum absolute atomic E-state index is 12.6. The van der Waals surface area contributed by atoms with E-state index in [4.69, 9.17) is 4.74 Å². The maximum atomic E-state index is 12.6. The number of aliphatic carboxylic acids is 1. The average molecular weight is 439 g/mol. The lowest BCUT2D eigenvalue weighted by molar-refractivity contribution is -0.142. The Bertz CT molecular complexity index is 929. The number of rotatable bonds is 10. The Labute approximate surface area is 188 Å². The Morgan fingerprint density at radius 1 is 0.875 bits per heavy atom. The molecule has 0 bridgehead atoms. The van der Waals surface area contributed by atoms with Crippen molar-refractivity contribution >= 4 is 18.0 Å². The van der Waals surface area contributed by atoms with E-state index in [9.17, 15) is 19.5 Å². The molecule has 7 nitrogen and oxygen atoms in total. The van der Waals surface area contributed by atoms with Crippen molar-refractivity contribution in [3.8, 4) is 11.1 Å². The van der Waals surface area contributed by atoms with Crippen LogP contribution in [0.15, 0.2) is 48.5 Å². The summed E-state index contributed by atoms with van der Waals surface area (Å²) in [4.78, 5) is 36.5. The Morgan fingerprint density at radius 3 is 1.94 bits per heavy atom. The van der Waals surface area contributed by atoms with Crippen molar-refractivity contribution in [2.24, 2.45) is 0 Å². The molecule has 0 spiro atoms. The van der Waals surface area contributed by atoms with E-state index in [0.717, 1.165) is 22.3 Å². The molecule has 0 fully saturated rings. The van der Waals surface area contributed by atoms with Gasteiger partial charge < -0.3 is 20.5 Å². The molecule has 2 aromatic rings. The fourth-order valence-electron chi connectivity index (χ4n) is 4.16. The van der Waals surface area contributed by atoms with E-state index in [1.807, 2.05) is 50.2 Å². The number of carboxylic acid groups (broad SMARTS) is 1. The summed E-state index contributed by atoms with van der Waals surface area (Å²) in [5, 5.41) is 14.4. The molecule has 0 aromatic heterocycles. The molecule has 2 amide bonds. The second kappa shape index (κ2) is 10.8. The molecule has 2 atom stereocenters. The summed E-state index contributed by atoms with van der Waals surface area (Å²) in [6, 6.07) is 14.3. The van der Waals surface area contributed by atoms with Crippen molar-refractivity contribution in [3.63, 3.8) is 0 Å². The molecule has 3 N–H and O–H groups in total. The minimum atomic E-state index is -1.09. The topological polar surface area (TPSA) is 105 Å². The van der Waals surface area contributed by atoms with Crippen molar-refractivity contribution in [3.05, 3.63) is 59.7 Å². The van der Waals surface area contributed by atoms with Crippen LogP contribution in [0.5, 0.6) is 0 Å². The van der Waals surface area contributed by atoms with Gasteiger partial charge in [0.15, 0.2) is 0 Å². The second-order valence-electron chi connectivity index (χ2n) is 8.00. The van der Waals surface area contributed by atoms with Gasteiger partial charge in [-0.05, 0) is 35.1 Å². The number of nitrogens with one attached hydrogen (secondary N) is 2. The smallest absolute Gasteiger partial charge is 0.407 e. The lowest BCUT2D eigenvalue weighted by Gasteiger charge is -2.21. The first-order chi connectivity index (χ1) is 15.5. The van der Waals surface area contributed by atoms with Crippen LogP contribution in [0.3, 0.4) is 0 Å². The molecule has 1 aliphatic carbocycles. The van der Waals surface area contributed by atoms with Gasteiger partial charge in [0.25, 0.3) is 0 Å². The summed E-state index contributed by atoms with van der Waals surface area (Å²) >= 11 is 0. The summed E-state index contributed by atoms with van der Waals surface area (Å²) < 4.78 is 5.52. The number of alkyl carbamates (subject to hydrolysis) is 1. The van der Waals surface area contributed by atoms with Crippen LogP contribution in [-0.2, 0) is 14.3 Å². The fourth-order valence-corrected chi connectivity index (χ4v) is 4.16. The first kappa shape index (κ1) is 23.3. The maximum Gasteiger partial charge on any atom is 0.407 e. The van der Waals surface area contributed by atoms with Gasteiger partial charge in [-0.25, -0.2) is 9.59 Å². The van der Waals surface area contributed by atoms with E-state index in [1.165, 1.54) is 0 Å². The van der Waals surface area contributed by atoms with Crippen LogP contribution in [0.4, 0.5) is 4.79 Å². The summed E-state index contributed by atoms with van der Waals surface area (Å²) in [6.07, 6.45) is 1.28. The van der Waals surface area contributed by atoms with Crippen molar-refractivity contribution in [1.29, 1.82) is 0 Å². The Morgan fingerprint density at radius 2 is 1.41 bits per heavy atom. The molecule has 32 heavy (non-hydrogen) atoms. The molecule has 0 saturated heterocycles. The van der Waals surface area contributed by atoms with E-state index in [0.29, 0.717) is 25.7 Å². The molecule has 0 heterocycles. The van der Waals surface area contributed by atoms with Crippen LogP contribution in [0, 0.1) is 0 Å². The van der Waals surface area contributed by atoms with Gasteiger partial charge in [-0.2, -0.15) is 0 Å². The fraction of sp³-hybridized carbons (Fsp3) is 0.400. The zero-order valence-corrected chi connectivity index (χ0v) is 18.5. The number of ether oxygens (including phenoxy) is 1. The molecule has 0 aliphatic heterocycles. The predicted octanol–water partition coefficient (Wildman–Crippen LogP) is 4.06. The Balaban J connectivity index is 1.64. The van der Waals surface area contributed by atoms with E-state index in [1.54, 1.807) is 0 Å². The zero-order chi connectivity index (χ0) is 23.1. The molecule has 0 radical (unpaired) electrons. The predicted molar refractivity (Wildman–Crippen MR) is 121 cm³/mol.